The fourth-order valence-corrected chi connectivity index (χ4v) is 2.52. The van der Waals surface area contributed by atoms with E-state index in [9.17, 15) is 0 Å². The maximum Gasteiger partial charge on any atom is 0.00682 e. The second-order valence-electron chi connectivity index (χ2n) is 4.87. The van der Waals surface area contributed by atoms with Crippen LogP contribution in [0.2, 0.25) is 0 Å². The van der Waals surface area contributed by atoms with Crippen molar-refractivity contribution in [1.82, 2.24) is 5.32 Å². The molecule has 0 unspecified atom stereocenters. The van der Waals surface area contributed by atoms with E-state index in [0.717, 1.165) is 12.6 Å². The van der Waals surface area contributed by atoms with Gasteiger partial charge in [-0.25, -0.2) is 0 Å². The Bertz CT molecular complexity index is 273. The summed E-state index contributed by atoms with van der Waals surface area (Å²) < 4.78 is 0. The summed E-state index contributed by atoms with van der Waals surface area (Å²) in [5.41, 5.74) is 1.82. The van der Waals surface area contributed by atoms with E-state index in [1.807, 2.05) is 0 Å². The van der Waals surface area contributed by atoms with Gasteiger partial charge in [0.1, 0.15) is 0 Å². The molecule has 0 saturated heterocycles. The molecule has 1 aliphatic carbocycles. The van der Waals surface area contributed by atoms with E-state index in [1.54, 1.807) is 11.3 Å². The Morgan fingerprint density at radius 1 is 1.50 bits per heavy atom. The minimum Gasteiger partial charge on any atom is -0.314 e. The van der Waals surface area contributed by atoms with Gasteiger partial charge in [0.15, 0.2) is 0 Å². The van der Waals surface area contributed by atoms with Crippen LogP contribution in [0.4, 0.5) is 0 Å². The highest BCUT2D eigenvalue weighted by Gasteiger charge is 2.24. The monoisotopic (exact) mass is 209 g/mol. The van der Waals surface area contributed by atoms with Gasteiger partial charge < -0.3 is 5.32 Å². The van der Waals surface area contributed by atoms with Crippen LogP contribution in [-0.4, -0.2) is 12.6 Å². The predicted molar refractivity (Wildman–Crippen MR) is 63.0 cm³/mol. The molecule has 0 atom stereocenters. The summed E-state index contributed by atoms with van der Waals surface area (Å²) in [5, 5.41) is 8.02. The first kappa shape index (κ1) is 10.2. The van der Waals surface area contributed by atoms with Crippen molar-refractivity contribution in [3.63, 3.8) is 0 Å². The van der Waals surface area contributed by atoms with Crippen molar-refractivity contribution in [2.75, 3.05) is 6.54 Å². The topological polar surface area (TPSA) is 12.0 Å². The fraction of sp³-hybridized carbons (Fsp3) is 0.667. The molecule has 0 bridgehead atoms. The Balaban J connectivity index is 1.81. The zero-order valence-electron chi connectivity index (χ0n) is 9.05. The summed E-state index contributed by atoms with van der Waals surface area (Å²) in [7, 11) is 0. The van der Waals surface area contributed by atoms with E-state index < -0.39 is 0 Å². The van der Waals surface area contributed by atoms with Crippen LogP contribution in [-0.2, 0) is 5.41 Å². The van der Waals surface area contributed by atoms with Gasteiger partial charge in [0, 0.05) is 6.04 Å². The van der Waals surface area contributed by atoms with Crippen LogP contribution in [0.5, 0.6) is 0 Å². The Labute approximate surface area is 90.5 Å². The zero-order valence-corrected chi connectivity index (χ0v) is 9.86. The first-order chi connectivity index (χ1) is 6.68. The number of rotatable bonds is 5. The molecule has 1 heterocycles. The van der Waals surface area contributed by atoms with Gasteiger partial charge in [-0.2, -0.15) is 11.3 Å². The standard InChI is InChI=1S/C12H19NS/c1-12(2,10-5-8-14-9-10)6-7-13-11-3-4-11/h5,8-9,11,13H,3-4,6-7H2,1-2H3. The van der Waals surface area contributed by atoms with E-state index in [0.29, 0.717) is 5.41 Å². The molecule has 78 valence electrons. The summed E-state index contributed by atoms with van der Waals surface area (Å²) in [5.74, 6) is 0. The third-order valence-electron chi connectivity index (χ3n) is 3.06. The molecular weight excluding hydrogens is 190 g/mol. The lowest BCUT2D eigenvalue weighted by Crippen LogP contribution is -2.26. The molecule has 0 aliphatic heterocycles. The van der Waals surface area contributed by atoms with E-state index in [2.05, 4.69) is 36.0 Å². The van der Waals surface area contributed by atoms with Crippen LogP contribution in [0.1, 0.15) is 38.7 Å². The van der Waals surface area contributed by atoms with Gasteiger partial charge in [0.05, 0.1) is 0 Å². The van der Waals surface area contributed by atoms with Gasteiger partial charge in [-0.1, -0.05) is 13.8 Å². The van der Waals surface area contributed by atoms with Gasteiger partial charge in [0.25, 0.3) is 0 Å². The summed E-state index contributed by atoms with van der Waals surface area (Å²) in [6.45, 7) is 5.83. The van der Waals surface area contributed by atoms with Gasteiger partial charge in [-0.05, 0) is 53.6 Å². The van der Waals surface area contributed by atoms with Crippen LogP contribution in [0.25, 0.3) is 0 Å². The first-order valence-electron chi connectivity index (χ1n) is 5.44. The molecule has 0 amide bonds. The Kier molecular flexibility index (Phi) is 2.93. The van der Waals surface area contributed by atoms with Crippen molar-refractivity contribution in [3.8, 4) is 0 Å². The van der Waals surface area contributed by atoms with Crippen molar-refractivity contribution in [1.29, 1.82) is 0 Å². The maximum atomic E-state index is 3.58. The highest BCUT2D eigenvalue weighted by Crippen LogP contribution is 2.28. The minimum atomic E-state index is 0.335. The molecule has 0 aromatic carbocycles. The zero-order chi connectivity index (χ0) is 10.0. The Morgan fingerprint density at radius 2 is 2.29 bits per heavy atom. The number of thiophene rings is 1. The SMILES string of the molecule is CC(C)(CCNC1CC1)c1ccsc1. The molecular formula is C12H19NS. The van der Waals surface area contributed by atoms with Crippen LogP contribution in [0.15, 0.2) is 16.8 Å². The van der Waals surface area contributed by atoms with Gasteiger partial charge in [-0.3, -0.25) is 0 Å². The molecule has 1 aromatic rings. The molecule has 1 aromatic heterocycles. The summed E-state index contributed by atoms with van der Waals surface area (Å²) >= 11 is 1.80. The van der Waals surface area contributed by atoms with Gasteiger partial charge >= 0.3 is 0 Å². The smallest absolute Gasteiger partial charge is 0.00682 e. The van der Waals surface area contributed by atoms with Crippen molar-refractivity contribution in [2.45, 2.75) is 44.6 Å². The highest BCUT2D eigenvalue weighted by molar-refractivity contribution is 7.08. The summed E-state index contributed by atoms with van der Waals surface area (Å²) in [6.07, 6.45) is 4.01. The molecule has 1 fully saturated rings. The largest absolute Gasteiger partial charge is 0.314 e. The Morgan fingerprint density at radius 3 is 2.86 bits per heavy atom. The van der Waals surface area contributed by atoms with E-state index in [-0.39, 0.29) is 0 Å². The molecule has 1 aliphatic rings. The van der Waals surface area contributed by atoms with E-state index >= 15 is 0 Å². The second-order valence-corrected chi connectivity index (χ2v) is 5.65. The third kappa shape index (κ3) is 2.58. The molecule has 2 rings (SSSR count). The molecule has 14 heavy (non-hydrogen) atoms. The quantitative estimate of drug-likeness (QED) is 0.785. The lowest BCUT2D eigenvalue weighted by atomic mass is 9.83. The molecule has 0 spiro atoms. The molecule has 1 saturated carbocycles. The third-order valence-corrected chi connectivity index (χ3v) is 3.75. The molecule has 1 nitrogen and oxygen atoms in total. The molecule has 0 radical (unpaired) electrons. The first-order valence-corrected chi connectivity index (χ1v) is 6.39. The highest BCUT2D eigenvalue weighted by atomic mass is 32.1. The van der Waals surface area contributed by atoms with Crippen molar-refractivity contribution in [2.24, 2.45) is 0 Å². The van der Waals surface area contributed by atoms with Crippen LogP contribution in [0.3, 0.4) is 0 Å². The number of hydrogen-bond acceptors (Lipinski definition) is 2. The van der Waals surface area contributed by atoms with Crippen molar-refractivity contribution in [3.05, 3.63) is 22.4 Å². The van der Waals surface area contributed by atoms with Crippen LogP contribution in [0, 0.1) is 0 Å². The fourth-order valence-electron chi connectivity index (χ4n) is 1.67. The number of hydrogen-bond donors (Lipinski definition) is 1. The van der Waals surface area contributed by atoms with Crippen molar-refractivity contribution < 1.29 is 0 Å². The number of nitrogens with one attached hydrogen (secondary N) is 1. The average Bonchev–Trinajstić information content (AvgIpc) is 2.80. The van der Waals surface area contributed by atoms with Crippen LogP contribution >= 0.6 is 11.3 Å². The summed E-state index contributed by atoms with van der Waals surface area (Å²) in [6, 6.07) is 3.09. The Hall–Kier alpha value is -0.340. The average molecular weight is 209 g/mol. The maximum absolute atomic E-state index is 3.58. The summed E-state index contributed by atoms with van der Waals surface area (Å²) in [4.78, 5) is 0. The van der Waals surface area contributed by atoms with E-state index in [4.69, 9.17) is 0 Å². The lowest BCUT2D eigenvalue weighted by molar-refractivity contribution is 0.457. The van der Waals surface area contributed by atoms with Gasteiger partial charge in [-0.15, -0.1) is 0 Å². The van der Waals surface area contributed by atoms with E-state index in [1.165, 1.54) is 24.8 Å². The predicted octanol–water partition coefficient (Wildman–Crippen LogP) is 3.17. The van der Waals surface area contributed by atoms with Gasteiger partial charge in [0.2, 0.25) is 0 Å². The normalized spacial score (nSPS) is 17.3. The van der Waals surface area contributed by atoms with Crippen LogP contribution < -0.4 is 5.32 Å². The van der Waals surface area contributed by atoms with Crippen molar-refractivity contribution >= 4 is 11.3 Å². The second kappa shape index (κ2) is 4.03. The minimum absolute atomic E-state index is 0.335. The molecule has 2 heteroatoms. The lowest BCUT2D eigenvalue weighted by Gasteiger charge is -2.23. The molecule has 1 N–H and O–H groups in total.